The fourth-order valence-corrected chi connectivity index (χ4v) is 3.66. The Bertz CT molecular complexity index is 947. The van der Waals surface area contributed by atoms with Gasteiger partial charge >= 0.3 is 6.18 Å². The highest BCUT2D eigenvalue weighted by Crippen LogP contribution is 2.37. The van der Waals surface area contributed by atoms with Crippen molar-refractivity contribution in [3.8, 4) is 11.5 Å². The van der Waals surface area contributed by atoms with E-state index in [1.54, 1.807) is 0 Å². The van der Waals surface area contributed by atoms with Crippen LogP contribution in [-0.2, 0) is 11.0 Å². The average molecular weight is 458 g/mol. The molecular formula is C21H23ClF3N3O3. The molecule has 2 aromatic carbocycles. The lowest BCUT2D eigenvalue weighted by Gasteiger charge is -2.23. The second kappa shape index (κ2) is 9.55. The standard InChI is InChI=1S/C21H23ClF3N3O3/c1-30-18-11-19(31-2)16(10-14(18)22)27-20(29)12-26-15-9-13(21(23,24)25)5-6-17(15)28-7-3-4-8-28/h5-6,9-11,26H,3-4,7-8,12H2,1-2H3,(H,27,29). The summed E-state index contributed by atoms with van der Waals surface area (Å²) in [6.07, 6.45) is -2.53. The number of ether oxygens (including phenoxy) is 2. The van der Waals surface area contributed by atoms with Gasteiger partial charge in [0.25, 0.3) is 0 Å². The van der Waals surface area contributed by atoms with E-state index >= 15 is 0 Å². The van der Waals surface area contributed by atoms with Crippen LogP contribution >= 0.6 is 11.6 Å². The first-order chi connectivity index (χ1) is 14.7. The molecule has 0 atom stereocenters. The molecule has 1 aliphatic heterocycles. The first-order valence-electron chi connectivity index (χ1n) is 9.64. The third-order valence-corrected chi connectivity index (χ3v) is 5.25. The van der Waals surface area contributed by atoms with Crippen LogP contribution in [0, 0.1) is 0 Å². The highest BCUT2D eigenvalue weighted by atomic mass is 35.5. The summed E-state index contributed by atoms with van der Waals surface area (Å²) in [5.74, 6) is 0.254. The molecule has 1 fully saturated rings. The summed E-state index contributed by atoms with van der Waals surface area (Å²) in [6, 6.07) is 6.55. The predicted octanol–water partition coefficient (Wildman–Crippen LogP) is 5.03. The molecule has 1 amide bonds. The van der Waals surface area contributed by atoms with E-state index in [-0.39, 0.29) is 17.3 Å². The largest absolute Gasteiger partial charge is 0.495 e. The van der Waals surface area contributed by atoms with Gasteiger partial charge in [-0.2, -0.15) is 13.2 Å². The summed E-state index contributed by atoms with van der Waals surface area (Å²) in [5, 5.41) is 5.78. The minimum absolute atomic E-state index is 0.241. The van der Waals surface area contributed by atoms with Crippen LogP contribution in [0.15, 0.2) is 30.3 Å². The predicted molar refractivity (Wildman–Crippen MR) is 115 cm³/mol. The van der Waals surface area contributed by atoms with Crippen molar-refractivity contribution < 1.29 is 27.4 Å². The molecule has 168 valence electrons. The number of nitrogens with one attached hydrogen (secondary N) is 2. The molecule has 10 heteroatoms. The Morgan fingerprint density at radius 3 is 2.35 bits per heavy atom. The van der Waals surface area contributed by atoms with Gasteiger partial charge in [0.05, 0.1) is 48.4 Å². The summed E-state index contributed by atoms with van der Waals surface area (Å²) < 4.78 is 49.9. The summed E-state index contributed by atoms with van der Waals surface area (Å²) in [5.41, 5.74) is 0.445. The second-order valence-corrected chi connectivity index (χ2v) is 7.42. The minimum atomic E-state index is -4.48. The van der Waals surface area contributed by atoms with E-state index in [2.05, 4.69) is 10.6 Å². The zero-order chi connectivity index (χ0) is 22.6. The van der Waals surface area contributed by atoms with Gasteiger partial charge in [-0.05, 0) is 37.1 Å². The molecule has 0 unspecified atom stereocenters. The van der Waals surface area contributed by atoms with Gasteiger partial charge in [0, 0.05) is 19.2 Å². The normalized spacial score (nSPS) is 13.8. The van der Waals surface area contributed by atoms with Gasteiger partial charge in [0.2, 0.25) is 5.91 Å². The molecule has 0 saturated carbocycles. The third-order valence-electron chi connectivity index (χ3n) is 4.96. The van der Waals surface area contributed by atoms with Crippen LogP contribution in [0.2, 0.25) is 5.02 Å². The molecule has 31 heavy (non-hydrogen) atoms. The number of nitrogens with zero attached hydrogens (tertiary/aromatic N) is 1. The Balaban J connectivity index is 1.77. The number of hydrogen-bond acceptors (Lipinski definition) is 5. The first kappa shape index (κ1) is 22.9. The molecule has 2 aromatic rings. The molecule has 1 aliphatic rings. The van der Waals surface area contributed by atoms with Crippen molar-refractivity contribution in [2.75, 3.05) is 49.4 Å². The van der Waals surface area contributed by atoms with Crippen molar-refractivity contribution >= 4 is 34.6 Å². The zero-order valence-electron chi connectivity index (χ0n) is 17.1. The number of alkyl halides is 3. The number of carbonyl (C=O) groups is 1. The molecule has 0 aromatic heterocycles. The number of halogens is 4. The Hall–Kier alpha value is -2.81. The van der Waals surface area contributed by atoms with E-state index in [4.69, 9.17) is 21.1 Å². The lowest BCUT2D eigenvalue weighted by atomic mass is 10.1. The summed E-state index contributed by atoms with van der Waals surface area (Å²) in [4.78, 5) is 14.5. The Labute approximate surface area is 183 Å². The van der Waals surface area contributed by atoms with Crippen molar-refractivity contribution in [2.45, 2.75) is 19.0 Å². The van der Waals surface area contributed by atoms with E-state index in [1.807, 2.05) is 4.90 Å². The summed E-state index contributed by atoms with van der Waals surface area (Å²) in [6.45, 7) is 1.27. The Morgan fingerprint density at radius 2 is 1.74 bits per heavy atom. The van der Waals surface area contributed by atoms with Crippen LogP contribution in [0.1, 0.15) is 18.4 Å². The molecule has 0 radical (unpaired) electrons. The summed E-state index contributed by atoms with van der Waals surface area (Å²) in [7, 11) is 2.89. The number of hydrogen-bond donors (Lipinski definition) is 2. The Morgan fingerprint density at radius 1 is 1.06 bits per heavy atom. The fraction of sp³-hybridized carbons (Fsp3) is 0.381. The topological polar surface area (TPSA) is 62.8 Å². The maximum absolute atomic E-state index is 13.2. The first-order valence-corrected chi connectivity index (χ1v) is 10.0. The van der Waals surface area contributed by atoms with Crippen LogP contribution in [0.5, 0.6) is 11.5 Å². The third kappa shape index (κ3) is 5.46. The van der Waals surface area contributed by atoms with E-state index < -0.39 is 17.6 Å². The van der Waals surface area contributed by atoms with Crippen molar-refractivity contribution in [1.82, 2.24) is 0 Å². The van der Waals surface area contributed by atoms with Crippen LogP contribution in [0.3, 0.4) is 0 Å². The highest BCUT2D eigenvalue weighted by Gasteiger charge is 2.31. The number of anilines is 3. The maximum atomic E-state index is 13.2. The number of methoxy groups -OCH3 is 2. The van der Waals surface area contributed by atoms with Gasteiger partial charge in [-0.25, -0.2) is 0 Å². The van der Waals surface area contributed by atoms with Crippen molar-refractivity contribution in [3.05, 3.63) is 40.9 Å². The molecule has 6 nitrogen and oxygen atoms in total. The van der Waals surface area contributed by atoms with Gasteiger partial charge in [-0.3, -0.25) is 4.79 Å². The summed E-state index contributed by atoms with van der Waals surface area (Å²) >= 11 is 6.11. The van der Waals surface area contributed by atoms with Gasteiger partial charge in [-0.15, -0.1) is 0 Å². The van der Waals surface area contributed by atoms with E-state index in [0.717, 1.165) is 38.1 Å². The van der Waals surface area contributed by atoms with Crippen LogP contribution < -0.4 is 25.0 Å². The fourth-order valence-electron chi connectivity index (χ4n) is 3.42. The van der Waals surface area contributed by atoms with Gasteiger partial charge in [0.1, 0.15) is 11.5 Å². The SMILES string of the molecule is COc1cc(OC)c(NC(=O)CNc2cc(C(F)(F)F)ccc2N2CCCC2)cc1Cl. The molecule has 0 aliphatic carbocycles. The second-order valence-electron chi connectivity index (χ2n) is 7.01. The number of amides is 1. The average Bonchev–Trinajstić information content (AvgIpc) is 3.26. The van der Waals surface area contributed by atoms with Crippen LogP contribution in [0.25, 0.3) is 0 Å². The van der Waals surface area contributed by atoms with Crippen molar-refractivity contribution in [1.29, 1.82) is 0 Å². The minimum Gasteiger partial charge on any atom is -0.495 e. The Kier molecular flexibility index (Phi) is 7.04. The van der Waals surface area contributed by atoms with Gasteiger partial charge in [0.15, 0.2) is 0 Å². The maximum Gasteiger partial charge on any atom is 0.416 e. The molecule has 0 spiro atoms. The molecule has 1 heterocycles. The van der Waals surface area contributed by atoms with E-state index in [9.17, 15) is 18.0 Å². The van der Waals surface area contributed by atoms with Gasteiger partial charge < -0.3 is 25.0 Å². The molecule has 1 saturated heterocycles. The molecule has 2 N–H and O–H groups in total. The number of carbonyl (C=O) groups excluding carboxylic acids is 1. The molecular weight excluding hydrogens is 435 g/mol. The van der Waals surface area contributed by atoms with Crippen LogP contribution in [-0.4, -0.2) is 39.8 Å². The zero-order valence-corrected chi connectivity index (χ0v) is 17.9. The van der Waals surface area contributed by atoms with Crippen LogP contribution in [0.4, 0.5) is 30.2 Å². The number of benzene rings is 2. The highest BCUT2D eigenvalue weighted by molar-refractivity contribution is 6.32. The van der Waals surface area contributed by atoms with Crippen molar-refractivity contribution in [2.24, 2.45) is 0 Å². The lowest BCUT2D eigenvalue weighted by Crippen LogP contribution is -2.25. The molecule has 3 rings (SSSR count). The smallest absolute Gasteiger partial charge is 0.416 e. The van der Waals surface area contributed by atoms with Crippen molar-refractivity contribution in [3.63, 3.8) is 0 Å². The van der Waals surface area contributed by atoms with E-state index in [0.29, 0.717) is 22.9 Å². The quantitative estimate of drug-likeness (QED) is 0.611. The lowest BCUT2D eigenvalue weighted by molar-refractivity contribution is -0.137. The molecule has 0 bridgehead atoms. The van der Waals surface area contributed by atoms with E-state index in [1.165, 1.54) is 32.4 Å². The monoisotopic (exact) mass is 457 g/mol. The van der Waals surface area contributed by atoms with Gasteiger partial charge in [-0.1, -0.05) is 11.6 Å². The number of rotatable bonds is 7.